The summed E-state index contributed by atoms with van der Waals surface area (Å²) in [5.41, 5.74) is 6.37. The van der Waals surface area contributed by atoms with E-state index in [9.17, 15) is 4.79 Å². The van der Waals surface area contributed by atoms with Gasteiger partial charge in [0.05, 0.1) is 5.69 Å². The van der Waals surface area contributed by atoms with Crippen molar-refractivity contribution in [1.29, 1.82) is 0 Å². The molecule has 5 heteroatoms. The van der Waals surface area contributed by atoms with Gasteiger partial charge in [0, 0.05) is 11.0 Å². The highest BCUT2D eigenvalue weighted by Gasteiger charge is 2.27. The van der Waals surface area contributed by atoms with Crippen LogP contribution in [0.1, 0.15) is 25.0 Å². The van der Waals surface area contributed by atoms with Crippen molar-refractivity contribution < 1.29 is 4.79 Å². The second kappa shape index (κ2) is 5.04. The van der Waals surface area contributed by atoms with Gasteiger partial charge in [-0.15, -0.1) is 0 Å². The number of aryl methyl sites for hydroxylation is 1. The van der Waals surface area contributed by atoms with Gasteiger partial charge < -0.3 is 10.6 Å². The molecule has 0 aliphatic carbocycles. The van der Waals surface area contributed by atoms with Gasteiger partial charge in [0.25, 0.3) is 0 Å². The van der Waals surface area contributed by atoms with E-state index in [1.54, 1.807) is 0 Å². The fourth-order valence-electron chi connectivity index (χ4n) is 2.19. The maximum absolute atomic E-state index is 11.4. The average Bonchev–Trinajstić information content (AvgIpc) is 2.32. The smallest absolute Gasteiger partial charge is 0.240 e. The predicted molar refractivity (Wildman–Crippen MR) is 70.9 cm³/mol. The van der Waals surface area contributed by atoms with Crippen LogP contribution in [0.2, 0.25) is 0 Å². The Morgan fingerprint density at radius 3 is 2.94 bits per heavy atom. The minimum absolute atomic E-state index is 0.211. The standard InChI is InChI=1S/C12H16BrN3O/c1-8-9(13)5-6-11(15-8)16-7-3-2-4-10(16)12(14)17/h5-6,10H,2-4,7H2,1H3,(H2,14,17). The summed E-state index contributed by atoms with van der Waals surface area (Å²) >= 11 is 3.42. The van der Waals surface area contributed by atoms with Crippen LogP contribution in [0.15, 0.2) is 16.6 Å². The molecule has 0 spiro atoms. The van der Waals surface area contributed by atoms with Crippen LogP contribution in [0.25, 0.3) is 0 Å². The van der Waals surface area contributed by atoms with Crippen molar-refractivity contribution in [3.63, 3.8) is 0 Å². The van der Waals surface area contributed by atoms with Crippen LogP contribution < -0.4 is 10.6 Å². The van der Waals surface area contributed by atoms with Crippen LogP contribution in [0.3, 0.4) is 0 Å². The summed E-state index contributed by atoms with van der Waals surface area (Å²) in [4.78, 5) is 18.0. The maximum atomic E-state index is 11.4. The zero-order valence-corrected chi connectivity index (χ0v) is 11.4. The van der Waals surface area contributed by atoms with Gasteiger partial charge in [0.2, 0.25) is 5.91 Å². The normalized spacial score (nSPS) is 20.4. The van der Waals surface area contributed by atoms with Crippen LogP contribution in [0.5, 0.6) is 0 Å². The van der Waals surface area contributed by atoms with Gasteiger partial charge in [-0.2, -0.15) is 0 Å². The van der Waals surface area contributed by atoms with E-state index in [4.69, 9.17) is 5.73 Å². The number of piperidine rings is 1. The Labute approximate surface area is 109 Å². The van der Waals surface area contributed by atoms with Crippen molar-refractivity contribution in [3.05, 3.63) is 22.3 Å². The molecule has 1 atom stereocenters. The van der Waals surface area contributed by atoms with Gasteiger partial charge in [0.1, 0.15) is 11.9 Å². The van der Waals surface area contributed by atoms with Gasteiger partial charge in [-0.25, -0.2) is 4.98 Å². The van der Waals surface area contributed by atoms with Crippen molar-refractivity contribution >= 4 is 27.7 Å². The molecule has 0 radical (unpaired) electrons. The predicted octanol–water partition coefficient (Wildman–Crippen LogP) is 2.00. The summed E-state index contributed by atoms with van der Waals surface area (Å²) in [7, 11) is 0. The minimum Gasteiger partial charge on any atom is -0.368 e. The quantitative estimate of drug-likeness (QED) is 0.908. The van der Waals surface area contributed by atoms with E-state index in [0.29, 0.717) is 0 Å². The van der Waals surface area contributed by atoms with Crippen molar-refractivity contribution in [2.45, 2.75) is 32.2 Å². The molecule has 0 saturated carbocycles. The largest absolute Gasteiger partial charge is 0.368 e. The number of carbonyl (C=O) groups excluding carboxylic acids is 1. The molecule has 1 aromatic heterocycles. The molecule has 1 saturated heterocycles. The molecule has 1 unspecified atom stereocenters. The summed E-state index contributed by atoms with van der Waals surface area (Å²) in [5, 5.41) is 0. The summed E-state index contributed by atoms with van der Waals surface area (Å²) in [6.07, 6.45) is 2.96. The monoisotopic (exact) mass is 297 g/mol. The first-order chi connectivity index (χ1) is 8.09. The molecule has 2 heterocycles. The molecule has 1 aromatic rings. The number of aromatic nitrogens is 1. The first-order valence-electron chi connectivity index (χ1n) is 5.78. The summed E-state index contributed by atoms with van der Waals surface area (Å²) in [6.45, 7) is 2.79. The van der Waals surface area contributed by atoms with E-state index >= 15 is 0 Å². The van der Waals surface area contributed by atoms with Crippen molar-refractivity contribution in [3.8, 4) is 0 Å². The number of pyridine rings is 1. The Morgan fingerprint density at radius 2 is 2.29 bits per heavy atom. The lowest BCUT2D eigenvalue weighted by atomic mass is 10.0. The van der Waals surface area contributed by atoms with Gasteiger partial charge in [-0.05, 0) is 54.2 Å². The van der Waals surface area contributed by atoms with E-state index in [1.807, 2.05) is 24.0 Å². The first kappa shape index (κ1) is 12.4. The molecule has 1 aliphatic heterocycles. The number of primary amides is 1. The second-order valence-electron chi connectivity index (χ2n) is 4.34. The van der Waals surface area contributed by atoms with E-state index in [1.165, 1.54) is 0 Å². The lowest BCUT2D eigenvalue weighted by molar-refractivity contribution is -0.119. The Kier molecular flexibility index (Phi) is 3.66. The molecule has 1 fully saturated rings. The van der Waals surface area contributed by atoms with E-state index in [-0.39, 0.29) is 11.9 Å². The van der Waals surface area contributed by atoms with Crippen LogP contribution in [0.4, 0.5) is 5.82 Å². The fourth-order valence-corrected chi connectivity index (χ4v) is 2.41. The first-order valence-corrected chi connectivity index (χ1v) is 6.58. The lowest BCUT2D eigenvalue weighted by Crippen LogP contribution is -2.48. The SMILES string of the molecule is Cc1nc(N2CCCCC2C(N)=O)ccc1Br. The van der Waals surface area contributed by atoms with Crippen LogP contribution >= 0.6 is 15.9 Å². The van der Waals surface area contributed by atoms with Crippen molar-refractivity contribution in [2.75, 3.05) is 11.4 Å². The highest BCUT2D eigenvalue weighted by molar-refractivity contribution is 9.10. The Morgan fingerprint density at radius 1 is 1.53 bits per heavy atom. The molecular formula is C12H16BrN3O. The van der Waals surface area contributed by atoms with Crippen LogP contribution in [0, 0.1) is 6.92 Å². The molecule has 2 N–H and O–H groups in total. The molecule has 1 amide bonds. The molecule has 0 bridgehead atoms. The van der Waals surface area contributed by atoms with Gasteiger partial charge in [-0.3, -0.25) is 4.79 Å². The topological polar surface area (TPSA) is 59.2 Å². The minimum atomic E-state index is -0.257. The molecule has 1 aliphatic rings. The Bertz CT molecular complexity index is 436. The third-order valence-corrected chi connectivity index (χ3v) is 3.97. The molecule has 4 nitrogen and oxygen atoms in total. The number of hydrogen-bond acceptors (Lipinski definition) is 3. The van der Waals surface area contributed by atoms with Gasteiger partial charge in [0.15, 0.2) is 0 Å². The summed E-state index contributed by atoms with van der Waals surface area (Å²) in [5.74, 6) is 0.585. The maximum Gasteiger partial charge on any atom is 0.240 e. The Balaban J connectivity index is 2.29. The highest BCUT2D eigenvalue weighted by atomic mass is 79.9. The molecule has 92 valence electrons. The van der Waals surface area contributed by atoms with Gasteiger partial charge in [-0.1, -0.05) is 0 Å². The van der Waals surface area contributed by atoms with Crippen molar-refractivity contribution in [1.82, 2.24) is 4.98 Å². The number of amides is 1. The highest BCUT2D eigenvalue weighted by Crippen LogP contribution is 2.25. The van der Waals surface area contributed by atoms with Crippen molar-refractivity contribution in [2.24, 2.45) is 5.73 Å². The third-order valence-electron chi connectivity index (χ3n) is 3.13. The summed E-state index contributed by atoms with van der Waals surface area (Å²) < 4.78 is 0.980. The number of hydrogen-bond donors (Lipinski definition) is 1. The Hall–Kier alpha value is -1.10. The molecule has 0 aromatic carbocycles. The second-order valence-corrected chi connectivity index (χ2v) is 5.20. The summed E-state index contributed by atoms with van der Waals surface area (Å²) in [6, 6.07) is 3.68. The molecule has 2 rings (SSSR count). The average molecular weight is 298 g/mol. The molecular weight excluding hydrogens is 282 g/mol. The zero-order valence-electron chi connectivity index (χ0n) is 9.82. The van der Waals surface area contributed by atoms with E-state index < -0.39 is 0 Å². The van der Waals surface area contributed by atoms with E-state index in [0.717, 1.165) is 41.8 Å². The number of carbonyl (C=O) groups is 1. The van der Waals surface area contributed by atoms with Crippen LogP contribution in [-0.4, -0.2) is 23.5 Å². The molecule has 17 heavy (non-hydrogen) atoms. The number of anilines is 1. The van der Waals surface area contributed by atoms with Crippen LogP contribution in [-0.2, 0) is 4.79 Å². The fraction of sp³-hybridized carbons (Fsp3) is 0.500. The number of rotatable bonds is 2. The number of nitrogens with two attached hydrogens (primary N) is 1. The number of halogens is 1. The lowest BCUT2D eigenvalue weighted by Gasteiger charge is -2.34. The zero-order chi connectivity index (χ0) is 12.4. The third kappa shape index (κ3) is 2.60. The number of nitrogens with zero attached hydrogens (tertiary/aromatic N) is 2. The van der Waals surface area contributed by atoms with E-state index in [2.05, 4.69) is 20.9 Å². The van der Waals surface area contributed by atoms with Gasteiger partial charge >= 0.3 is 0 Å².